The first-order valence-corrected chi connectivity index (χ1v) is 11.7. The van der Waals surface area contributed by atoms with Crippen LogP contribution in [0.1, 0.15) is 48.7 Å². The van der Waals surface area contributed by atoms with Gasteiger partial charge in [-0.3, -0.25) is 14.2 Å². The largest absolute Gasteiger partial charge is 0.349 e. The molecule has 5 nitrogen and oxygen atoms in total. The summed E-state index contributed by atoms with van der Waals surface area (Å²) in [5.74, 6) is -0.0637. The maximum Gasteiger partial charge on any atom is 0.262 e. The van der Waals surface area contributed by atoms with Crippen molar-refractivity contribution < 1.29 is 4.79 Å². The van der Waals surface area contributed by atoms with Crippen molar-refractivity contribution in [3.63, 3.8) is 0 Å². The highest BCUT2D eigenvalue weighted by molar-refractivity contribution is 8.00. The second-order valence-corrected chi connectivity index (χ2v) is 9.94. The number of aromatic nitrogens is 2. The van der Waals surface area contributed by atoms with Gasteiger partial charge in [0.05, 0.1) is 16.7 Å². The molecule has 0 radical (unpaired) electrons. The summed E-state index contributed by atoms with van der Waals surface area (Å²) in [7, 11) is 1.75. The summed E-state index contributed by atoms with van der Waals surface area (Å²) >= 11 is 2.98. The van der Waals surface area contributed by atoms with E-state index in [4.69, 9.17) is 4.98 Å². The average molecular weight is 428 g/mol. The second-order valence-electron chi connectivity index (χ2n) is 7.55. The fraction of sp³-hybridized carbons (Fsp3) is 0.409. The van der Waals surface area contributed by atoms with Crippen molar-refractivity contribution in [1.82, 2.24) is 14.9 Å². The molecule has 2 unspecified atom stereocenters. The molecule has 1 N–H and O–H groups in total. The number of carbonyl (C=O) groups excluding carboxylic acids is 1. The van der Waals surface area contributed by atoms with Gasteiger partial charge in [-0.15, -0.1) is 11.3 Å². The fourth-order valence-electron chi connectivity index (χ4n) is 3.74. The van der Waals surface area contributed by atoms with Crippen molar-refractivity contribution in [2.45, 2.75) is 56.0 Å². The first-order chi connectivity index (χ1) is 14.0. The number of fused-ring (bicyclic) bond motifs is 3. The number of hydrogen-bond donors (Lipinski definition) is 1. The topological polar surface area (TPSA) is 64.0 Å². The number of hydrogen-bond acceptors (Lipinski definition) is 5. The SMILES string of the molecule is CC(Sc1nc2sc3c(c2c(=O)n1C)CCCC3)C(=O)NC(C)c1ccccc1. The van der Waals surface area contributed by atoms with Gasteiger partial charge < -0.3 is 5.32 Å². The van der Waals surface area contributed by atoms with E-state index in [1.54, 1.807) is 23.0 Å². The first-order valence-electron chi connectivity index (χ1n) is 9.99. The van der Waals surface area contributed by atoms with E-state index >= 15 is 0 Å². The van der Waals surface area contributed by atoms with Gasteiger partial charge in [-0.05, 0) is 50.7 Å². The Kier molecular flexibility index (Phi) is 5.79. The summed E-state index contributed by atoms with van der Waals surface area (Å²) in [6.07, 6.45) is 4.32. The lowest BCUT2D eigenvalue weighted by Gasteiger charge is -2.18. The molecule has 1 amide bonds. The van der Waals surface area contributed by atoms with Crippen LogP contribution < -0.4 is 10.9 Å². The van der Waals surface area contributed by atoms with E-state index in [0.717, 1.165) is 35.0 Å². The monoisotopic (exact) mass is 427 g/mol. The van der Waals surface area contributed by atoms with Gasteiger partial charge >= 0.3 is 0 Å². The number of aryl methyl sites for hydroxylation is 2. The van der Waals surface area contributed by atoms with Gasteiger partial charge in [-0.1, -0.05) is 42.1 Å². The molecule has 0 saturated heterocycles. The van der Waals surface area contributed by atoms with Crippen molar-refractivity contribution in [2.24, 2.45) is 7.05 Å². The number of thioether (sulfide) groups is 1. The highest BCUT2D eigenvalue weighted by Gasteiger charge is 2.24. The molecule has 7 heteroatoms. The van der Waals surface area contributed by atoms with Crippen LogP contribution in [0.5, 0.6) is 0 Å². The molecule has 2 atom stereocenters. The van der Waals surface area contributed by atoms with Crippen molar-refractivity contribution in [1.29, 1.82) is 0 Å². The number of amides is 1. The van der Waals surface area contributed by atoms with E-state index in [1.807, 2.05) is 44.2 Å². The van der Waals surface area contributed by atoms with Gasteiger partial charge in [0.25, 0.3) is 5.56 Å². The van der Waals surface area contributed by atoms with Gasteiger partial charge in [-0.2, -0.15) is 0 Å². The number of benzene rings is 1. The third-order valence-electron chi connectivity index (χ3n) is 5.47. The minimum Gasteiger partial charge on any atom is -0.349 e. The minimum absolute atomic E-state index is 0.00200. The van der Waals surface area contributed by atoms with E-state index in [0.29, 0.717) is 5.16 Å². The Morgan fingerprint density at radius 3 is 2.69 bits per heavy atom. The van der Waals surface area contributed by atoms with Crippen LogP contribution in [-0.2, 0) is 24.7 Å². The third-order valence-corrected chi connectivity index (χ3v) is 7.79. The maximum atomic E-state index is 13.0. The van der Waals surface area contributed by atoms with Crippen LogP contribution in [-0.4, -0.2) is 20.7 Å². The molecule has 1 aliphatic carbocycles. The van der Waals surface area contributed by atoms with Crippen LogP contribution in [0.2, 0.25) is 0 Å². The smallest absolute Gasteiger partial charge is 0.262 e. The van der Waals surface area contributed by atoms with Gasteiger partial charge in [0.1, 0.15) is 4.83 Å². The van der Waals surface area contributed by atoms with Gasteiger partial charge in [0, 0.05) is 11.9 Å². The molecule has 3 aromatic rings. The zero-order valence-electron chi connectivity index (χ0n) is 16.9. The van der Waals surface area contributed by atoms with Crippen LogP contribution in [0.15, 0.2) is 40.3 Å². The number of rotatable bonds is 5. The van der Waals surface area contributed by atoms with Gasteiger partial charge in [0.2, 0.25) is 5.91 Å². The Morgan fingerprint density at radius 2 is 1.93 bits per heavy atom. The Labute approximate surface area is 178 Å². The molecule has 0 spiro atoms. The molecule has 1 aromatic carbocycles. The lowest BCUT2D eigenvalue weighted by Crippen LogP contribution is -2.33. The Bertz CT molecular complexity index is 1100. The molecule has 0 saturated carbocycles. The van der Waals surface area contributed by atoms with E-state index in [2.05, 4.69) is 5.32 Å². The van der Waals surface area contributed by atoms with Gasteiger partial charge in [0.15, 0.2) is 5.16 Å². The minimum atomic E-state index is -0.355. The molecule has 0 fully saturated rings. The number of thiophene rings is 1. The number of carbonyl (C=O) groups is 1. The first kappa shape index (κ1) is 20.2. The van der Waals surface area contributed by atoms with Crippen molar-refractivity contribution in [3.8, 4) is 0 Å². The lowest BCUT2D eigenvalue weighted by molar-refractivity contribution is -0.120. The van der Waals surface area contributed by atoms with E-state index < -0.39 is 0 Å². The quantitative estimate of drug-likeness (QED) is 0.489. The highest BCUT2D eigenvalue weighted by Crippen LogP contribution is 2.35. The zero-order valence-corrected chi connectivity index (χ0v) is 18.5. The van der Waals surface area contributed by atoms with Gasteiger partial charge in [-0.25, -0.2) is 4.98 Å². The van der Waals surface area contributed by atoms with E-state index in [9.17, 15) is 9.59 Å². The van der Waals surface area contributed by atoms with Crippen molar-refractivity contribution in [3.05, 3.63) is 56.7 Å². The standard InChI is InChI=1S/C22H25N3O2S2/c1-13(15-9-5-4-6-10-15)23-19(26)14(2)28-22-24-20-18(21(27)25(22)3)16-11-7-8-12-17(16)29-20/h4-6,9-10,13-14H,7-8,11-12H2,1-3H3,(H,23,26). The second kappa shape index (κ2) is 8.32. The van der Waals surface area contributed by atoms with Crippen molar-refractivity contribution >= 4 is 39.2 Å². The predicted molar refractivity (Wildman–Crippen MR) is 120 cm³/mol. The average Bonchev–Trinajstić information content (AvgIpc) is 3.10. The molecule has 4 rings (SSSR count). The third kappa shape index (κ3) is 3.98. The van der Waals surface area contributed by atoms with E-state index in [1.165, 1.54) is 28.6 Å². The van der Waals surface area contributed by atoms with Crippen molar-refractivity contribution in [2.75, 3.05) is 0 Å². The highest BCUT2D eigenvalue weighted by atomic mass is 32.2. The molecule has 0 aliphatic heterocycles. The summed E-state index contributed by atoms with van der Waals surface area (Å²) in [5.41, 5.74) is 2.26. The molecule has 1 aliphatic rings. The lowest BCUT2D eigenvalue weighted by atomic mass is 9.97. The normalized spacial score (nSPS) is 15.7. The predicted octanol–water partition coefficient (Wildman–Crippen LogP) is 4.23. The maximum absolute atomic E-state index is 13.0. The summed E-state index contributed by atoms with van der Waals surface area (Å²) in [6, 6.07) is 9.81. The summed E-state index contributed by atoms with van der Waals surface area (Å²) in [4.78, 5) is 32.6. The summed E-state index contributed by atoms with van der Waals surface area (Å²) < 4.78 is 1.60. The van der Waals surface area contributed by atoms with Crippen LogP contribution >= 0.6 is 23.1 Å². The Balaban J connectivity index is 1.55. The Morgan fingerprint density at radius 1 is 1.21 bits per heavy atom. The van der Waals surface area contributed by atoms with Crippen LogP contribution in [0, 0.1) is 0 Å². The molecule has 0 bridgehead atoms. The number of nitrogens with zero attached hydrogens (tertiary/aromatic N) is 2. The Hall–Kier alpha value is -2.12. The molecule has 152 valence electrons. The molecular weight excluding hydrogens is 402 g/mol. The summed E-state index contributed by atoms with van der Waals surface area (Å²) in [6.45, 7) is 3.83. The van der Waals surface area contributed by atoms with Crippen LogP contribution in [0.3, 0.4) is 0 Å². The van der Waals surface area contributed by atoms with Crippen LogP contribution in [0.4, 0.5) is 0 Å². The van der Waals surface area contributed by atoms with E-state index in [-0.39, 0.29) is 22.8 Å². The molecular formula is C22H25N3O2S2. The zero-order chi connectivity index (χ0) is 20.5. The molecule has 2 aromatic heterocycles. The molecule has 2 heterocycles. The fourth-order valence-corrected chi connectivity index (χ4v) is 5.93. The molecule has 29 heavy (non-hydrogen) atoms. The summed E-state index contributed by atoms with van der Waals surface area (Å²) in [5, 5.41) is 4.08. The van der Waals surface area contributed by atoms with Crippen LogP contribution in [0.25, 0.3) is 10.2 Å². The number of nitrogens with one attached hydrogen (secondary N) is 1.